The van der Waals surface area contributed by atoms with E-state index in [1.807, 2.05) is 49.3 Å². The summed E-state index contributed by atoms with van der Waals surface area (Å²) in [6.45, 7) is 10.0. The number of anilines is 1. The van der Waals surface area contributed by atoms with Gasteiger partial charge in [-0.1, -0.05) is 42.3 Å². The summed E-state index contributed by atoms with van der Waals surface area (Å²) in [6.07, 6.45) is 4.54. The summed E-state index contributed by atoms with van der Waals surface area (Å²) in [4.78, 5) is 25.3. The highest BCUT2D eigenvalue weighted by Crippen LogP contribution is 2.24. The second kappa shape index (κ2) is 9.81. The molecule has 4 rings (SSSR count). The number of allylic oxidation sites excluding steroid dienone is 2. The van der Waals surface area contributed by atoms with Gasteiger partial charge in [-0.2, -0.15) is 0 Å². The minimum absolute atomic E-state index is 0.0125. The molecular weight excluding hydrogens is 424 g/mol. The number of rotatable bonds is 8. The van der Waals surface area contributed by atoms with Gasteiger partial charge >= 0.3 is 0 Å². The molecule has 0 saturated heterocycles. The topological polar surface area (TPSA) is 82.0 Å². The first-order chi connectivity index (χ1) is 16.3. The van der Waals surface area contributed by atoms with Crippen molar-refractivity contribution < 1.29 is 0 Å². The highest BCUT2D eigenvalue weighted by Gasteiger charge is 2.20. The summed E-state index contributed by atoms with van der Waals surface area (Å²) in [5, 5.41) is 2.17. The Labute approximate surface area is 200 Å². The molecule has 7 heteroatoms. The molecule has 0 bridgehead atoms. The number of fused-ring (bicyclic) bond motifs is 2. The monoisotopic (exact) mass is 458 g/mol. The lowest BCUT2D eigenvalue weighted by Gasteiger charge is -2.22. The van der Waals surface area contributed by atoms with E-state index in [9.17, 15) is 4.79 Å². The van der Waals surface area contributed by atoms with Gasteiger partial charge in [0.2, 0.25) is 5.95 Å². The second-order valence-corrected chi connectivity index (χ2v) is 9.27. The van der Waals surface area contributed by atoms with Crippen molar-refractivity contribution in [3.8, 4) is 0 Å². The minimum Gasteiger partial charge on any atom is -0.344 e. The van der Waals surface area contributed by atoms with E-state index in [-0.39, 0.29) is 11.6 Å². The molecular formula is C27H34N6O. The fourth-order valence-electron chi connectivity index (χ4n) is 4.53. The summed E-state index contributed by atoms with van der Waals surface area (Å²) in [7, 11) is 1.98. The largest absolute Gasteiger partial charge is 0.344 e. The first-order valence-electron chi connectivity index (χ1n) is 11.8. The van der Waals surface area contributed by atoms with Crippen LogP contribution in [0.25, 0.3) is 21.8 Å². The maximum atomic E-state index is 13.8. The molecule has 7 nitrogen and oxygen atoms in total. The summed E-state index contributed by atoms with van der Waals surface area (Å²) in [6, 6.07) is 12.0. The molecule has 0 saturated carbocycles. The van der Waals surface area contributed by atoms with Gasteiger partial charge < -0.3 is 19.8 Å². The van der Waals surface area contributed by atoms with Crippen LogP contribution in [-0.2, 0) is 13.1 Å². The molecule has 3 heterocycles. The fraction of sp³-hybridized carbons (Fsp3) is 0.370. The Balaban J connectivity index is 1.87. The highest BCUT2D eigenvalue weighted by atomic mass is 16.1. The van der Waals surface area contributed by atoms with Crippen molar-refractivity contribution in [3.63, 3.8) is 0 Å². The van der Waals surface area contributed by atoms with Crippen molar-refractivity contribution in [1.29, 1.82) is 0 Å². The van der Waals surface area contributed by atoms with Gasteiger partial charge in [-0.25, -0.2) is 4.98 Å². The number of benzene rings is 1. The third-order valence-corrected chi connectivity index (χ3v) is 6.31. The van der Waals surface area contributed by atoms with Crippen molar-refractivity contribution in [2.45, 2.75) is 53.2 Å². The average Bonchev–Trinajstić information content (AvgIpc) is 3.18. The number of hydrogen-bond donors (Lipinski definition) is 1. The van der Waals surface area contributed by atoms with E-state index in [4.69, 9.17) is 10.7 Å². The van der Waals surface area contributed by atoms with Gasteiger partial charge in [0.1, 0.15) is 5.52 Å². The SMILES string of the molecule is CCC(Cn1c(N(C)CC(C)N)nc2ccn(Cc3nccc4ccccc34)c(=O)c21)=C(C)C. The summed E-state index contributed by atoms with van der Waals surface area (Å²) >= 11 is 0. The normalized spacial score (nSPS) is 12.3. The number of pyridine rings is 2. The number of likely N-dealkylation sites (N-methyl/N-ethyl adjacent to an activating group) is 1. The minimum atomic E-state index is -0.0654. The fourth-order valence-corrected chi connectivity index (χ4v) is 4.53. The standard InChI is InChI=1S/C27H34N6O/c1-6-20(18(2)3)16-33-25-23(30-27(33)31(5)15-19(4)28)12-14-32(26(25)34)17-24-22-10-8-7-9-21(22)11-13-29-24/h7-14,19H,6,15-17,28H2,1-5H3. The Bertz CT molecular complexity index is 1400. The zero-order chi connectivity index (χ0) is 24.4. The first kappa shape index (κ1) is 23.7. The van der Waals surface area contributed by atoms with Crippen LogP contribution in [0.15, 0.2) is 64.7 Å². The summed E-state index contributed by atoms with van der Waals surface area (Å²) in [5.74, 6) is 0.762. The van der Waals surface area contributed by atoms with Gasteiger partial charge in [0, 0.05) is 44.0 Å². The van der Waals surface area contributed by atoms with Gasteiger partial charge in [0.15, 0.2) is 0 Å². The van der Waals surface area contributed by atoms with E-state index in [0.29, 0.717) is 30.7 Å². The predicted molar refractivity (Wildman–Crippen MR) is 140 cm³/mol. The maximum Gasteiger partial charge on any atom is 0.277 e. The van der Waals surface area contributed by atoms with Crippen LogP contribution in [0.1, 0.15) is 39.8 Å². The van der Waals surface area contributed by atoms with Crippen molar-refractivity contribution in [1.82, 2.24) is 19.1 Å². The Morgan fingerprint density at radius 1 is 1.18 bits per heavy atom. The van der Waals surface area contributed by atoms with E-state index in [2.05, 4.69) is 42.5 Å². The molecule has 0 radical (unpaired) electrons. The lowest BCUT2D eigenvalue weighted by molar-refractivity contribution is 0.674. The molecule has 0 aliphatic rings. The maximum absolute atomic E-state index is 13.8. The van der Waals surface area contributed by atoms with Crippen LogP contribution < -0.4 is 16.2 Å². The van der Waals surface area contributed by atoms with Crippen LogP contribution in [0.4, 0.5) is 5.95 Å². The van der Waals surface area contributed by atoms with E-state index < -0.39 is 0 Å². The number of imidazole rings is 1. The second-order valence-electron chi connectivity index (χ2n) is 9.27. The summed E-state index contributed by atoms with van der Waals surface area (Å²) in [5.41, 5.74) is 10.7. The molecule has 1 atom stereocenters. The lowest BCUT2D eigenvalue weighted by atomic mass is 10.1. The molecule has 4 aromatic rings. The molecule has 34 heavy (non-hydrogen) atoms. The predicted octanol–water partition coefficient (Wildman–Crippen LogP) is 4.32. The van der Waals surface area contributed by atoms with Crippen LogP contribution in [0.3, 0.4) is 0 Å². The molecule has 0 aliphatic carbocycles. The van der Waals surface area contributed by atoms with Crippen molar-refractivity contribution >= 4 is 27.8 Å². The van der Waals surface area contributed by atoms with Crippen LogP contribution in [0.2, 0.25) is 0 Å². The van der Waals surface area contributed by atoms with E-state index in [1.54, 1.807) is 10.8 Å². The highest BCUT2D eigenvalue weighted by molar-refractivity contribution is 5.84. The third-order valence-electron chi connectivity index (χ3n) is 6.31. The van der Waals surface area contributed by atoms with E-state index in [0.717, 1.165) is 28.8 Å². The van der Waals surface area contributed by atoms with Gasteiger partial charge in [-0.3, -0.25) is 9.78 Å². The lowest BCUT2D eigenvalue weighted by Crippen LogP contribution is -2.34. The summed E-state index contributed by atoms with van der Waals surface area (Å²) < 4.78 is 3.79. The van der Waals surface area contributed by atoms with Gasteiger partial charge in [0.25, 0.3) is 5.56 Å². The van der Waals surface area contributed by atoms with E-state index in [1.165, 1.54) is 11.1 Å². The number of hydrogen-bond acceptors (Lipinski definition) is 5. The van der Waals surface area contributed by atoms with Gasteiger partial charge in [0.05, 0.1) is 17.8 Å². The number of nitrogens with two attached hydrogens (primary N) is 1. The van der Waals surface area contributed by atoms with E-state index >= 15 is 0 Å². The zero-order valence-electron chi connectivity index (χ0n) is 20.7. The molecule has 178 valence electrons. The van der Waals surface area contributed by atoms with Crippen molar-refractivity contribution in [2.24, 2.45) is 5.73 Å². The molecule has 1 unspecified atom stereocenters. The number of nitrogens with zero attached hydrogens (tertiary/aromatic N) is 5. The van der Waals surface area contributed by atoms with Crippen LogP contribution in [0, 0.1) is 0 Å². The molecule has 3 aromatic heterocycles. The Morgan fingerprint density at radius 3 is 2.65 bits per heavy atom. The zero-order valence-corrected chi connectivity index (χ0v) is 20.7. The quantitative estimate of drug-likeness (QED) is 0.398. The molecule has 2 N–H and O–H groups in total. The molecule has 0 fully saturated rings. The first-order valence-corrected chi connectivity index (χ1v) is 11.8. The Hall–Kier alpha value is -3.45. The van der Waals surface area contributed by atoms with Crippen molar-refractivity contribution in [2.75, 3.05) is 18.5 Å². The molecule has 0 aliphatic heterocycles. The molecule has 1 aromatic carbocycles. The molecule has 0 amide bonds. The Morgan fingerprint density at radius 2 is 1.94 bits per heavy atom. The molecule has 0 spiro atoms. The van der Waals surface area contributed by atoms with Crippen LogP contribution >= 0.6 is 0 Å². The average molecular weight is 459 g/mol. The van der Waals surface area contributed by atoms with Crippen LogP contribution in [0.5, 0.6) is 0 Å². The van der Waals surface area contributed by atoms with Gasteiger partial charge in [-0.05, 0) is 44.7 Å². The van der Waals surface area contributed by atoms with Gasteiger partial charge in [-0.15, -0.1) is 0 Å². The smallest absolute Gasteiger partial charge is 0.277 e. The Kier molecular flexibility index (Phi) is 6.84. The van der Waals surface area contributed by atoms with Crippen LogP contribution in [-0.4, -0.2) is 38.7 Å². The third kappa shape index (κ3) is 4.61. The van der Waals surface area contributed by atoms with Crippen molar-refractivity contribution in [3.05, 3.63) is 76.0 Å². The number of aromatic nitrogens is 4.